The van der Waals surface area contributed by atoms with Gasteiger partial charge in [-0.25, -0.2) is 9.37 Å². The molecule has 27 heavy (non-hydrogen) atoms. The van der Waals surface area contributed by atoms with Gasteiger partial charge in [-0.3, -0.25) is 0 Å². The SMILES string of the molecule is COc1ccc(Nc2cc(C)nc(NCCc3ccccc3F)n2)cc1Cl. The van der Waals surface area contributed by atoms with Crippen molar-refractivity contribution in [2.45, 2.75) is 13.3 Å². The molecule has 0 amide bonds. The molecule has 3 aromatic rings. The lowest BCUT2D eigenvalue weighted by Gasteiger charge is -2.11. The minimum absolute atomic E-state index is 0.205. The lowest BCUT2D eigenvalue weighted by Crippen LogP contribution is -2.10. The molecule has 1 aromatic heterocycles. The maximum atomic E-state index is 13.7. The molecule has 0 spiro atoms. The summed E-state index contributed by atoms with van der Waals surface area (Å²) in [4.78, 5) is 8.83. The predicted molar refractivity (Wildman–Crippen MR) is 107 cm³/mol. The van der Waals surface area contributed by atoms with Gasteiger partial charge in [0, 0.05) is 24.0 Å². The van der Waals surface area contributed by atoms with Gasteiger partial charge in [0.25, 0.3) is 0 Å². The van der Waals surface area contributed by atoms with Gasteiger partial charge < -0.3 is 15.4 Å². The van der Waals surface area contributed by atoms with Gasteiger partial charge in [-0.05, 0) is 43.2 Å². The zero-order valence-electron chi connectivity index (χ0n) is 15.1. The highest BCUT2D eigenvalue weighted by Crippen LogP contribution is 2.28. The minimum Gasteiger partial charge on any atom is -0.495 e. The smallest absolute Gasteiger partial charge is 0.224 e. The first-order valence-corrected chi connectivity index (χ1v) is 8.86. The van der Waals surface area contributed by atoms with Gasteiger partial charge in [-0.1, -0.05) is 29.8 Å². The number of aryl methyl sites for hydroxylation is 1. The molecular formula is C20H20ClFN4O. The maximum Gasteiger partial charge on any atom is 0.224 e. The molecule has 0 saturated carbocycles. The normalized spacial score (nSPS) is 10.5. The average Bonchev–Trinajstić information content (AvgIpc) is 2.63. The largest absolute Gasteiger partial charge is 0.495 e. The topological polar surface area (TPSA) is 59.1 Å². The number of nitrogens with one attached hydrogen (secondary N) is 2. The van der Waals surface area contributed by atoms with Crippen molar-refractivity contribution in [1.29, 1.82) is 0 Å². The Balaban J connectivity index is 1.67. The second-order valence-corrected chi connectivity index (χ2v) is 6.37. The van der Waals surface area contributed by atoms with Crippen LogP contribution >= 0.6 is 11.6 Å². The molecule has 0 saturated heterocycles. The van der Waals surface area contributed by atoms with Crippen molar-refractivity contribution >= 4 is 29.1 Å². The molecular weight excluding hydrogens is 367 g/mol. The maximum absolute atomic E-state index is 13.7. The van der Waals surface area contributed by atoms with E-state index in [4.69, 9.17) is 16.3 Å². The van der Waals surface area contributed by atoms with E-state index in [2.05, 4.69) is 20.6 Å². The third kappa shape index (κ3) is 5.08. The molecule has 0 aliphatic heterocycles. The number of anilines is 3. The highest BCUT2D eigenvalue weighted by Gasteiger charge is 2.06. The summed E-state index contributed by atoms with van der Waals surface area (Å²) in [6, 6.07) is 14.0. The predicted octanol–water partition coefficient (Wildman–Crippen LogP) is 4.98. The Kier molecular flexibility index (Phi) is 6.08. The summed E-state index contributed by atoms with van der Waals surface area (Å²) >= 11 is 6.16. The van der Waals surface area contributed by atoms with Crippen LogP contribution in [0, 0.1) is 12.7 Å². The monoisotopic (exact) mass is 386 g/mol. The Hall–Kier alpha value is -2.86. The van der Waals surface area contributed by atoms with Gasteiger partial charge in [-0.15, -0.1) is 0 Å². The Morgan fingerprint density at radius 3 is 2.67 bits per heavy atom. The Bertz CT molecular complexity index is 936. The third-order valence-electron chi connectivity index (χ3n) is 3.91. The van der Waals surface area contributed by atoms with E-state index in [0.717, 1.165) is 11.4 Å². The number of benzene rings is 2. The number of nitrogens with zero attached hydrogens (tertiary/aromatic N) is 2. The second-order valence-electron chi connectivity index (χ2n) is 5.96. The van der Waals surface area contributed by atoms with E-state index < -0.39 is 0 Å². The van der Waals surface area contributed by atoms with E-state index in [1.807, 2.05) is 25.1 Å². The number of halogens is 2. The molecule has 3 rings (SSSR count). The summed E-state index contributed by atoms with van der Waals surface area (Å²) in [6.45, 7) is 2.41. The number of hydrogen-bond donors (Lipinski definition) is 2. The van der Waals surface area contributed by atoms with Gasteiger partial charge in [-0.2, -0.15) is 4.98 Å². The van der Waals surface area contributed by atoms with Crippen LogP contribution in [0.1, 0.15) is 11.3 Å². The Labute approximate surface area is 162 Å². The van der Waals surface area contributed by atoms with Crippen molar-refractivity contribution in [3.63, 3.8) is 0 Å². The van der Waals surface area contributed by atoms with Crippen molar-refractivity contribution in [2.75, 3.05) is 24.3 Å². The number of rotatable bonds is 7. The first-order chi connectivity index (χ1) is 13.0. The van der Waals surface area contributed by atoms with Gasteiger partial charge in [0.05, 0.1) is 12.1 Å². The third-order valence-corrected chi connectivity index (χ3v) is 4.21. The van der Waals surface area contributed by atoms with Crippen LogP contribution < -0.4 is 15.4 Å². The van der Waals surface area contributed by atoms with Crippen LogP contribution in [-0.4, -0.2) is 23.6 Å². The lowest BCUT2D eigenvalue weighted by molar-refractivity contribution is 0.415. The van der Waals surface area contributed by atoms with Gasteiger partial charge in [0.2, 0.25) is 5.95 Å². The fourth-order valence-corrected chi connectivity index (χ4v) is 2.87. The first kappa shape index (κ1) is 18.9. The molecule has 140 valence electrons. The zero-order valence-corrected chi connectivity index (χ0v) is 15.8. The molecule has 0 aliphatic carbocycles. The number of methoxy groups -OCH3 is 1. The van der Waals surface area contributed by atoms with E-state index in [1.165, 1.54) is 6.07 Å². The van der Waals surface area contributed by atoms with Crippen LogP contribution in [0.3, 0.4) is 0 Å². The standard InChI is InChI=1S/C20H20ClFN4O/c1-13-11-19(25-15-7-8-18(27-2)16(21)12-15)26-20(24-13)23-10-9-14-5-3-4-6-17(14)22/h3-8,11-12H,9-10H2,1-2H3,(H2,23,24,25,26). The summed E-state index contributed by atoms with van der Waals surface area (Å²) in [7, 11) is 1.57. The van der Waals surface area contributed by atoms with Crippen molar-refractivity contribution in [3.8, 4) is 5.75 Å². The van der Waals surface area contributed by atoms with Crippen LogP contribution in [0.2, 0.25) is 5.02 Å². The molecule has 2 N–H and O–H groups in total. The van der Waals surface area contributed by atoms with Crippen molar-refractivity contribution in [3.05, 3.63) is 70.6 Å². The van der Waals surface area contributed by atoms with Crippen molar-refractivity contribution in [1.82, 2.24) is 9.97 Å². The van der Waals surface area contributed by atoms with Gasteiger partial charge in [0.15, 0.2) is 0 Å². The van der Waals surface area contributed by atoms with E-state index in [9.17, 15) is 4.39 Å². The summed E-state index contributed by atoms with van der Waals surface area (Å²) in [5.41, 5.74) is 2.25. The highest BCUT2D eigenvalue weighted by molar-refractivity contribution is 6.32. The Morgan fingerprint density at radius 1 is 1.11 bits per heavy atom. The van der Waals surface area contributed by atoms with E-state index >= 15 is 0 Å². The molecule has 2 aromatic carbocycles. The van der Waals surface area contributed by atoms with Gasteiger partial charge in [0.1, 0.15) is 17.4 Å². The number of aromatic nitrogens is 2. The molecule has 1 heterocycles. The summed E-state index contributed by atoms with van der Waals surface area (Å²) in [5.74, 6) is 1.52. The van der Waals surface area contributed by atoms with Crippen LogP contribution in [-0.2, 0) is 6.42 Å². The van der Waals surface area contributed by atoms with Crippen LogP contribution in [0.5, 0.6) is 5.75 Å². The van der Waals surface area contributed by atoms with Gasteiger partial charge >= 0.3 is 0 Å². The highest BCUT2D eigenvalue weighted by atomic mass is 35.5. The molecule has 0 aliphatic rings. The van der Waals surface area contributed by atoms with E-state index in [1.54, 1.807) is 31.4 Å². The van der Waals surface area contributed by atoms with Crippen LogP contribution in [0.15, 0.2) is 48.5 Å². The fraction of sp³-hybridized carbons (Fsp3) is 0.200. The van der Waals surface area contributed by atoms with Crippen LogP contribution in [0.4, 0.5) is 21.8 Å². The molecule has 0 unspecified atom stereocenters. The van der Waals surface area contributed by atoms with Crippen molar-refractivity contribution < 1.29 is 9.13 Å². The first-order valence-electron chi connectivity index (χ1n) is 8.48. The quantitative estimate of drug-likeness (QED) is 0.599. The lowest BCUT2D eigenvalue weighted by atomic mass is 10.1. The Morgan fingerprint density at radius 2 is 1.93 bits per heavy atom. The summed E-state index contributed by atoms with van der Waals surface area (Å²) in [5, 5.41) is 6.86. The molecule has 0 fully saturated rings. The number of hydrogen-bond acceptors (Lipinski definition) is 5. The fourth-order valence-electron chi connectivity index (χ4n) is 2.61. The summed E-state index contributed by atoms with van der Waals surface area (Å²) < 4.78 is 18.8. The van der Waals surface area contributed by atoms with Crippen molar-refractivity contribution in [2.24, 2.45) is 0 Å². The average molecular weight is 387 g/mol. The molecule has 7 heteroatoms. The molecule has 0 atom stereocenters. The van der Waals surface area contributed by atoms with E-state index in [-0.39, 0.29) is 5.82 Å². The summed E-state index contributed by atoms with van der Waals surface area (Å²) in [6.07, 6.45) is 0.542. The minimum atomic E-state index is -0.205. The molecule has 0 radical (unpaired) electrons. The second kappa shape index (κ2) is 8.68. The molecule has 0 bridgehead atoms. The molecule has 5 nitrogen and oxygen atoms in total. The number of ether oxygens (including phenoxy) is 1. The van der Waals surface area contributed by atoms with E-state index in [0.29, 0.717) is 41.1 Å². The van der Waals surface area contributed by atoms with Crippen LogP contribution in [0.25, 0.3) is 0 Å². The zero-order chi connectivity index (χ0) is 19.2.